The number of aromatic nitrogens is 3. The van der Waals surface area contributed by atoms with Gasteiger partial charge in [-0.3, -0.25) is 0 Å². The normalized spacial score (nSPS) is 13.9. The van der Waals surface area contributed by atoms with Crippen LogP contribution in [0.15, 0.2) is 91.0 Å². The fourth-order valence-corrected chi connectivity index (χ4v) is 6.20. The topological polar surface area (TPSA) is 38.7 Å². The van der Waals surface area contributed by atoms with Crippen molar-refractivity contribution in [3.05, 3.63) is 136 Å². The Bertz CT molecular complexity index is 1530. The first kappa shape index (κ1) is 19.4. The van der Waals surface area contributed by atoms with Crippen LogP contribution in [0.2, 0.25) is 0 Å². The molecule has 0 aliphatic heterocycles. The van der Waals surface area contributed by atoms with Gasteiger partial charge in [0.2, 0.25) is 0 Å². The highest BCUT2D eigenvalue weighted by atomic mass is 15.0. The predicted molar refractivity (Wildman–Crippen MR) is 135 cm³/mol. The fraction of sp³-hybridized carbons (Fsp3) is 0.129. The van der Waals surface area contributed by atoms with Gasteiger partial charge in [0.1, 0.15) is 17.5 Å². The molecule has 0 N–H and O–H groups in total. The maximum atomic E-state index is 4.60. The Morgan fingerprint density at radius 1 is 0.529 bits per heavy atom. The van der Waals surface area contributed by atoms with Crippen LogP contribution in [-0.4, -0.2) is 15.0 Å². The third-order valence-corrected chi connectivity index (χ3v) is 7.33. The van der Waals surface area contributed by atoms with E-state index >= 15 is 0 Å². The van der Waals surface area contributed by atoms with E-state index in [9.17, 15) is 0 Å². The molecule has 0 fully saturated rings. The summed E-state index contributed by atoms with van der Waals surface area (Å²) in [6.07, 6.45) is 0.688. The molecule has 34 heavy (non-hydrogen) atoms. The maximum absolute atomic E-state index is 4.60. The monoisotopic (exact) mass is 437 g/mol. The van der Waals surface area contributed by atoms with E-state index in [1.807, 2.05) is 13.8 Å². The molecule has 0 radical (unpaired) electrons. The van der Waals surface area contributed by atoms with E-state index < -0.39 is 0 Å². The summed E-state index contributed by atoms with van der Waals surface area (Å²) in [7, 11) is 0. The van der Waals surface area contributed by atoms with E-state index in [0.29, 0.717) is 6.42 Å². The largest absolute Gasteiger partial charge is 0.219 e. The number of hydrogen-bond donors (Lipinski definition) is 0. The molecule has 2 aliphatic carbocycles. The number of benzene rings is 4. The van der Waals surface area contributed by atoms with Gasteiger partial charge in [-0.05, 0) is 63.9 Å². The summed E-state index contributed by atoms with van der Waals surface area (Å²) >= 11 is 0. The van der Waals surface area contributed by atoms with Crippen LogP contribution in [0, 0.1) is 13.8 Å². The average Bonchev–Trinajstić information content (AvgIpc) is 3.31. The van der Waals surface area contributed by atoms with Gasteiger partial charge in [0.25, 0.3) is 0 Å². The highest BCUT2D eigenvalue weighted by Gasteiger charge is 2.51. The van der Waals surface area contributed by atoms with E-state index in [-0.39, 0.29) is 5.41 Å². The van der Waals surface area contributed by atoms with Gasteiger partial charge in [-0.25, -0.2) is 15.0 Å². The lowest BCUT2D eigenvalue weighted by Crippen LogP contribution is -2.26. The van der Waals surface area contributed by atoms with Crippen molar-refractivity contribution in [2.45, 2.75) is 25.7 Å². The quantitative estimate of drug-likeness (QED) is 0.313. The van der Waals surface area contributed by atoms with E-state index in [1.54, 1.807) is 0 Å². The Kier molecular flexibility index (Phi) is 3.96. The lowest BCUT2D eigenvalue weighted by atomic mass is 9.70. The van der Waals surface area contributed by atoms with Crippen LogP contribution in [0.5, 0.6) is 0 Å². The van der Waals surface area contributed by atoms with Crippen LogP contribution in [0.25, 0.3) is 22.3 Å². The summed E-state index contributed by atoms with van der Waals surface area (Å²) in [4.78, 5) is 13.5. The Morgan fingerprint density at radius 3 is 1.53 bits per heavy atom. The van der Waals surface area contributed by atoms with Gasteiger partial charge >= 0.3 is 0 Å². The van der Waals surface area contributed by atoms with Crippen LogP contribution >= 0.6 is 0 Å². The molecule has 162 valence electrons. The molecule has 3 heteroatoms. The molecule has 0 saturated carbocycles. The minimum Gasteiger partial charge on any atom is -0.219 e. The standard InChI is InChI=1S/C31H23N3/c1-19-32-20(2)34-30(33-19)18-21-15-16-25-24-11-5-8-14-28(24)31(29(25)17-21)26-12-6-3-9-22(26)23-10-4-7-13-27(23)31/h3-17H,18H2,1-2H3. The molecular formula is C31H23N3. The van der Waals surface area contributed by atoms with Crippen molar-refractivity contribution in [3.8, 4) is 22.3 Å². The zero-order chi connectivity index (χ0) is 22.9. The summed E-state index contributed by atoms with van der Waals surface area (Å²) in [5.74, 6) is 2.36. The van der Waals surface area contributed by atoms with Gasteiger partial charge in [-0.15, -0.1) is 0 Å². The van der Waals surface area contributed by atoms with Gasteiger partial charge in [-0.2, -0.15) is 0 Å². The van der Waals surface area contributed by atoms with E-state index in [0.717, 1.165) is 17.5 Å². The van der Waals surface area contributed by atoms with Crippen molar-refractivity contribution in [2.24, 2.45) is 0 Å². The second-order valence-electron chi connectivity index (χ2n) is 9.29. The van der Waals surface area contributed by atoms with Crippen LogP contribution < -0.4 is 0 Å². The maximum Gasteiger partial charge on any atom is 0.136 e. The molecule has 1 aromatic heterocycles. The van der Waals surface area contributed by atoms with Gasteiger partial charge in [0, 0.05) is 6.42 Å². The molecular weight excluding hydrogens is 414 g/mol. The molecule has 3 nitrogen and oxygen atoms in total. The summed E-state index contributed by atoms with van der Waals surface area (Å²) < 4.78 is 0. The van der Waals surface area contributed by atoms with Crippen LogP contribution in [-0.2, 0) is 11.8 Å². The SMILES string of the molecule is Cc1nc(C)nc(Cc2ccc3c(c2)C2(c4ccccc4-c4ccccc42)c2ccccc2-3)n1. The average molecular weight is 438 g/mol. The molecule has 0 saturated heterocycles. The zero-order valence-corrected chi connectivity index (χ0v) is 19.2. The summed E-state index contributed by atoms with van der Waals surface area (Å²) in [5, 5.41) is 0. The Morgan fingerprint density at radius 2 is 1.00 bits per heavy atom. The Labute approximate surface area is 199 Å². The molecule has 7 rings (SSSR count). The minimum atomic E-state index is -0.305. The molecule has 0 bridgehead atoms. The first-order chi connectivity index (χ1) is 16.7. The first-order valence-electron chi connectivity index (χ1n) is 11.8. The summed E-state index contributed by atoms with van der Waals surface area (Å²) in [6, 6.07) is 33.6. The number of hydrogen-bond acceptors (Lipinski definition) is 3. The number of nitrogens with zero attached hydrogens (tertiary/aromatic N) is 3. The molecule has 0 atom stereocenters. The van der Waals surface area contributed by atoms with Gasteiger partial charge in [0.05, 0.1) is 5.41 Å². The van der Waals surface area contributed by atoms with Crippen molar-refractivity contribution in [1.82, 2.24) is 15.0 Å². The lowest BCUT2D eigenvalue weighted by Gasteiger charge is -2.30. The van der Waals surface area contributed by atoms with Gasteiger partial charge < -0.3 is 0 Å². The summed E-state index contributed by atoms with van der Waals surface area (Å²) in [6.45, 7) is 3.86. The van der Waals surface area contributed by atoms with Gasteiger partial charge in [-0.1, -0.05) is 91.0 Å². The minimum absolute atomic E-state index is 0.305. The molecule has 5 aromatic rings. The number of fused-ring (bicyclic) bond motifs is 10. The summed E-state index contributed by atoms with van der Waals surface area (Å²) in [5.41, 5.74) is 11.7. The van der Waals surface area contributed by atoms with Crippen LogP contribution in [0.4, 0.5) is 0 Å². The lowest BCUT2D eigenvalue weighted by molar-refractivity contribution is 0.789. The predicted octanol–water partition coefficient (Wildman–Crippen LogP) is 6.42. The second-order valence-corrected chi connectivity index (χ2v) is 9.29. The van der Waals surface area contributed by atoms with E-state index in [2.05, 4.69) is 106 Å². The Balaban J connectivity index is 1.52. The van der Waals surface area contributed by atoms with Crippen molar-refractivity contribution in [2.75, 3.05) is 0 Å². The molecule has 4 aromatic carbocycles. The third-order valence-electron chi connectivity index (χ3n) is 7.33. The zero-order valence-electron chi connectivity index (χ0n) is 19.2. The van der Waals surface area contributed by atoms with Crippen molar-refractivity contribution < 1.29 is 0 Å². The smallest absolute Gasteiger partial charge is 0.136 e. The van der Waals surface area contributed by atoms with E-state index in [1.165, 1.54) is 50.1 Å². The van der Waals surface area contributed by atoms with E-state index in [4.69, 9.17) is 0 Å². The fourth-order valence-electron chi connectivity index (χ4n) is 6.20. The van der Waals surface area contributed by atoms with Crippen LogP contribution in [0.1, 0.15) is 45.3 Å². The molecule has 0 amide bonds. The molecule has 1 spiro atoms. The Hall–Kier alpha value is -4.11. The van der Waals surface area contributed by atoms with Gasteiger partial charge in [0.15, 0.2) is 0 Å². The highest BCUT2D eigenvalue weighted by molar-refractivity contribution is 5.94. The molecule has 1 heterocycles. The van der Waals surface area contributed by atoms with Crippen LogP contribution in [0.3, 0.4) is 0 Å². The number of aryl methyl sites for hydroxylation is 2. The first-order valence-corrected chi connectivity index (χ1v) is 11.8. The molecule has 2 aliphatic rings. The number of rotatable bonds is 2. The van der Waals surface area contributed by atoms with Crippen molar-refractivity contribution in [1.29, 1.82) is 0 Å². The molecule has 0 unspecified atom stereocenters. The third kappa shape index (κ3) is 2.50. The van der Waals surface area contributed by atoms with Crippen molar-refractivity contribution in [3.63, 3.8) is 0 Å². The van der Waals surface area contributed by atoms with Crippen molar-refractivity contribution >= 4 is 0 Å². The highest BCUT2D eigenvalue weighted by Crippen LogP contribution is 2.62. The second kappa shape index (κ2) is 6.94.